The Morgan fingerprint density at radius 3 is 2.55 bits per heavy atom. The number of halogens is 1. The standard InChI is InChI=1S/C19H20ClN3O5S/c1-28-19-12-15(29(26,27)22-9-3-2-4-10-22)6-8-17(19)21-13-14-5-7-16(20)18(11-14)23(24)25/h5-8,11-13H,2-4,9-10H2,1H3. The summed E-state index contributed by atoms with van der Waals surface area (Å²) in [5, 5.41) is 11.0. The van der Waals surface area contributed by atoms with E-state index in [1.54, 1.807) is 12.1 Å². The minimum atomic E-state index is -3.59. The number of nitro groups is 1. The van der Waals surface area contributed by atoms with Gasteiger partial charge in [-0.3, -0.25) is 15.1 Å². The number of rotatable bonds is 6. The number of piperidine rings is 1. The first-order chi connectivity index (χ1) is 13.8. The Bertz CT molecular complexity index is 1050. The van der Waals surface area contributed by atoms with Crippen molar-refractivity contribution in [2.24, 2.45) is 4.99 Å². The van der Waals surface area contributed by atoms with Crippen molar-refractivity contribution in [3.8, 4) is 5.75 Å². The molecule has 0 amide bonds. The molecular weight excluding hydrogens is 418 g/mol. The monoisotopic (exact) mass is 437 g/mol. The van der Waals surface area contributed by atoms with Crippen LogP contribution in [-0.4, -0.2) is 44.1 Å². The molecular formula is C19H20ClN3O5S. The van der Waals surface area contributed by atoms with Crippen molar-refractivity contribution in [1.82, 2.24) is 4.31 Å². The molecule has 10 heteroatoms. The number of ether oxygens (including phenoxy) is 1. The third-order valence-electron chi connectivity index (χ3n) is 4.62. The number of hydrogen-bond acceptors (Lipinski definition) is 6. The molecule has 2 aromatic rings. The summed E-state index contributed by atoms with van der Waals surface area (Å²) in [6.07, 6.45) is 4.17. The van der Waals surface area contributed by atoms with E-state index in [0.717, 1.165) is 19.3 Å². The molecule has 1 saturated heterocycles. The highest BCUT2D eigenvalue weighted by Crippen LogP contribution is 2.32. The van der Waals surface area contributed by atoms with Gasteiger partial charge in [0.05, 0.1) is 16.9 Å². The normalized spacial score (nSPS) is 15.5. The maximum absolute atomic E-state index is 12.8. The van der Waals surface area contributed by atoms with Crippen LogP contribution in [0.1, 0.15) is 24.8 Å². The van der Waals surface area contributed by atoms with Gasteiger partial charge < -0.3 is 4.74 Å². The number of hydrogen-bond donors (Lipinski definition) is 0. The summed E-state index contributed by atoms with van der Waals surface area (Å²) < 4.78 is 32.5. The zero-order valence-corrected chi connectivity index (χ0v) is 17.3. The van der Waals surface area contributed by atoms with Crippen LogP contribution < -0.4 is 4.74 Å². The summed E-state index contributed by atoms with van der Waals surface area (Å²) in [4.78, 5) is 14.9. The molecule has 0 radical (unpaired) electrons. The number of aliphatic imine (C=N–C) groups is 1. The fraction of sp³-hybridized carbons (Fsp3) is 0.316. The van der Waals surface area contributed by atoms with Gasteiger partial charge in [-0.05, 0) is 36.6 Å². The van der Waals surface area contributed by atoms with Crippen LogP contribution in [0.25, 0.3) is 0 Å². The third-order valence-corrected chi connectivity index (χ3v) is 6.84. The molecule has 8 nitrogen and oxygen atoms in total. The van der Waals surface area contributed by atoms with Crippen molar-refractivity contribution in [3.63, 3.8) is 0 Å². The molecule has 0 bridgehead atoms. The summed E-state index contributed by atoms with van der Waals surface area (Å²) in [6, 6.07) is 8.82. The fourth-order valence-electron chi connectivity index (χ4n) is 3.07. The molecule has 1 aliphatic heterocycles. The van der Waals surface area contributed by atoms with Gasteiger partial charge in [0.1, 0.15) is 16.5 Å². The number of sulfonamides is 1. The molecule has 0 saturated carbocycles. The lowest BCUT2D eigenvalue weighted by atomic mass is 10.2. The van der Waals surface area contributed by atoms with Gasteiger partial charge in [-0.15, -0.1) is 0 Å². The highest BCUT2D eigenvalue weighted by Gasteiger charge is 2.26. The minimum absolute atomic E-state index is 0.0389. The summed E-state index contributed by atoms with van der Waals surface area (Å²) in [5.41, 5.74) is 0.668. The molecule has 1 heterocycles. The molecule has 0 aromatic heterocycles. The smallest absolute Gasteiger partial charge is 0.288 e. The first-order valence-electron chi connectivity index (χ1n) is 8.99. The van der Waals surface area contributed by atoms with Gasteiger partial charge in [0.25, 0.3) is 5.69 Å². The Morgan fingerprint density at radius 1 is 1.17 bits per heavy atom. The van der Waals surface area contributed by atoms with Crippen LogP contribution in [0.5, 0.6) is 5.75 Å². The lowest BCUT2D eigenvalue weighted by molar-refractivity contribution is -0.384. The summed E-state index contributed by atoms with van der Waals surface area (Å²) in [5.74, 6) is 0.294. The van der Waals surface area contributed by atoms with E-state index in [9.17, 15) is 18.5 Å². The SMILES string of the molecule is COc1cc(S(=O)(=O)N2CCCCC2)ccc1N=Cc1ccc(Cl)c([N+](=O)[O-])c1. The number of nitrogens with zero attached hydrogens (tertiary/aromatic N) is 3. The van der Waals surface area contributed by atoms with Gasteiger partial charge in [0.2, 0.25) is 10.0 Å². The fourth-order valence-corrected chi connectivity index (χ4v) is 4.79. The van der Waals surface area contributed by atoms with Crippen molar-refractivity contribution in [3.05, 3.63) is 57.1 Å². The predicted octanol–water partition coefficient (Wildman–Crippen LogP) is 4.18. The molecule has 0 unspecified atom stereocenters. The summed E-state index contributed by atoms with van der Waals surface area (Å²) in [6.45, 7) is 1.03. The van der Waals surface area contributed by atoms with E-state index in [0.29, 0.717) is 30.1 Å². The minimum Gasteiger partial charge on any atom is -0.494 e. The maximum Gasteiger partial charge on any atom is 0.288 e. The molecule has 0 spiro atoms. The molecule has 0 atom stereocenters. The Labute approximate surface area is 174 Å². The Morgan fingerprint density at radius 2 is 1.90 bits per heavy atom. The van der Waals surface area contributed by atoms with Gasteiger partial charge in [-0.1, -0.05) is 24.1 Å². The Balaban J connectivity index is 1.89. The van der Waals surface area contributed by atoms with Crippen molar-refractivity contribution >= 4 is 39.2 Å². The van der Waals surface area contributed by atoms with Crippen molar-refractivity contribution < 1.29 is 18.1 Å². The third kappa shape index (κ3) is 4.75. The molecule has 1 fully saturated rings. The Hall–Kier alpha value is -2.49. The summed E-state index contributed by atoms with van der Waals surface area (Å²) >= 11 is 5.81. The second-order valence-electron chi connectivity index (χ2n) is 6.52. The van der Waals surface area contributed by atoms with Crippen molar-refractivity contribution in [2.75, 3.05) is 20.2 Å². The van der Waals surface area contributed by atoms with Gasteiger partial charge in [-0.25, -0.2) is 8.42 Å². The first kappa shape index (κ1) is 21.2. The first-order valence-corrected chi connectivity index (χ1v) is 10.8. The molecule has 3 rings (SSSR count). The molecule has 0 aliphatic carbocycles. The van der Waals surface area contributed by atoms with Crippen LogP contribution in [0.15, 0.2) is 46.3 Å². The average Bonchev–Trinajstić information content (AvgIpc) is 2.73. The second-order valence-corrected chi connectivity index (χ2v) is 8.87. The van der Waals surface area contributed by atoms with Crippen LogP contribution in [0.4, 0.5) is 11.4 Å². The average molecular weight is 438 g/mol. The molecule has 0 N–H and O–H groups in total. The van der Waals surface area contributed by atoms with Crippen LogP contribution in [-0.2, 0) is 10.0 Å². The van der Waals surface area contributed by atoms with E-state index in [2.05, 4.69) is 4.99 Å². The zero-order valence-electron chi connectivity index (χ0n) is 15.7. The molecule has 1 aliphatic rings. The van der Waals surface area contributed by atoms with E-state index in [4.69, 9.17) is 16.3 Å². The van der Waals surface area contributed by atoms with E-state index < -0.39 is 14.9 Å². The van der Waals surface area contributed by atoms with Gasteiger partial charge in [0.15, 0.2) is 0 Å². The Kier molecular flexibility index (Phi) is 6.51. The van der Waals surface area contributed by atoms with E-state index in [1.807, 2.05) is 0 Å². The number of benzene rings is 2. The van der Waals surface area contributed by atoms with E-state index in [1.165, 1.54) is 41.9 Å². The highest BCUT2D eigenvalue weighted by atomic mass is 35.5. The number of nitro benzene ring substituents is 1. The molecule has 29 heavy (non-hydrogen) atoms. The zero-order chi connectivity index (χ0) is 21.0. The second kappa shape index (κ2) is 8.89. The van der Waals surface area contributed by atoms with Crippen molar-refractivity contribution in [1.29, 1.82) is 0 Å². The van der Waals surface area contributed by atoms with Gasteiger partial charge in [0, 0.05) is 31.4 Å². The van der Waals surface area contributed by atoms with Gasteiger partial charge >= 0.3 is 0 Å². The van der Waals surface area contributed by atoms with Crippen molar-refractivity contribution in [2.45, 2.75) is 24.2 Å². The lowest BCUT2D eigenvalue weighted by Crippen LogP contribution is -2.35. The molecule has 2 aromatic carbocycles. The van der Waals surface area contributed by atoms with Gasteiger partial charge in [-0.2, -0.15) is 4.31 Å². The van der Waals surface area contributed by atoms with Crippen LogP contribution in [0.2, 0.25) is 5.02 Å². The maximum atomic E-state index is 12.8. The number of methoxy groups -OCH3 is 1. The van der Waals surface area contributed by atoms with E-state index in [-0.39, 0.29) is 15.6 Å². The molecule has 154 valence electrons. The van der Waals surface area contributed by atoms with Crippen LogP contribution in [0, 0.1) is 10.1 Å². The summed E-state index contributed by atoms with van der Waals surface area (Å²) in [7, 11) is -2.16. The quantitative estimate of drug-likeness (QED) is 0.383. The highest BCUT2D eigenvalue weighted by molar-refractivity contribution is 7.89. The van der Waals surface area contributed by atoms with Crippen LogP contribution in [0.3, 0.4) is 0 Å². The topological polar surface area (TPSA) is 102 Å². The lowest BCUT2D eigenvalue weighted by Gasteiger charge is -2.26. The predicted molar refractivity (Wildman–Crippen MR) is 111 cm³/mol. The van der Waals surface area contributed by atoms with E-state index >= 15 is 0 Å². The largest absolute Gasteiger partial charge is 0.494 e. The van der Waals surface area contributed by atoms with Crippen LogP contribution >= 0.6 is 11.6 Å².